The first kappa shape index (κ1) is 34.9. The lowest BCUT2D eigenvalue weighted by Gasteiger charge is -2.19. The van der Waals surface area contributed by atoms with E-state index in [1.54, 1.807) is 0 Å². The maximum Gasteiger partial charge on any atom is 0.223 e. The zero-order chi connectivity index (χ0) is 27.7. The summed E-state index contributed by atoms with van der Waals surface area (Å²) in [5, 5.41) is 10.2. The van der Waals surface area contributed by atoms with E-state index in [0.717, 1.165) is 44.4 Å². The molecule has 5 fully saturated rings. The van der Waals surface area contributed by atoms with E-state index in [2.05, 4.69) is 11.8 Å². The van der Waals surface area contributed by atoms with Crippen LogP contribution in [0.5, 0.6) is 0 Å². The fraction of sp³-hybridized carbons (Fsp3) is 0.970. The molecule has 0 amide bonds. The van der Waals surface area contributed by atoms with E-state index >= 15 is 0 Å². The summed E-state index contributed by atoms with van der Waals surface area (Å²) in [4.78, 5) is 13.5. The molecule has 5 nitrogen and oxygen atoms in total. The number of nitro groups is 1. The molecular formula is C33H62N2O3. The molecule has 0 spiro atoms. The van der Waals surface area contributed by atoms with Crippen molar-refractivity contribution in [3.8, 4) is 0 Å². The van der Waals surface area contributed by atoms with Crippen LogP contribution in [0.3, 0.4) is 0 Å². The Kier molecular flexibility index (Phi) is 22.8. The zero-order valence-corrected chi connectivity index (χ0v) is 25.3. The molecule has 5 aliphatic carbocycles. The summed E-state index contributed by atoms with van der Waals surface area (Å²) in [6.45, 7) is 9.08. The van der Waals surface area contributed by atoms with Crippen LogP contribution < -0.4 is 0 Å². The van der Waals surface area contributed by atoms with Crippen molar-refractivity contribution in [2.45, 2.75) is 192 Å². The molecule has 5 heteroatoms. The lowest BCUT2D eigenvalue weighted by atomic mass is 9.91. The molecule has 0 atom stereocenters. The van der Waals surface area contributed by atoms with Crippen molar-refractivity contribution >= 4 is 0 Å². The van der Waals surface area contributed by atoms with Crippen LogP contribution in [0.1, 0.15) is 174 Å². The van der Waals surface area contributed by atoms with E-state index < -0.39 is 0 Å². The normalized spacial score (nSPS) is 23.3. The third-order valence-corrected chi connectivity index (χ3v) is 8.91. The fourth-order valence-corrected chi connectivity index (χ4v) is 6.17. The number of methoxy groups -OCH3 is 1. The van der Waals surface area contributed by atoms with Crippen molar-refractivity contribution in [3.05, 3.63) is 21.5 Å². The monoisotopic (exact) mass is 534 g/mol. The van der Waals surface area contributed by atoms with Gasteiger partial charge in [-0.3, -0.25) is 10.1 Å². The summed E-state index contributed by atoms with van der Waals surface area (Å²) >= 11 is 0. The van der Waals surface area contributed by atoms with Gasteiger partial charge in [0.2, 0.25) is 12.1 Å². The molecule has 0 aromatic heterocycles. The second-order valence-corrected chi connectivity index (χ2v) is 12.4. The molecule has 222 valence electrons. The van der Waals surface area contributed by atoms with Crippen molar-refractivity contribution in [3.63, 3.8) is 0 Å². The maximum absolute atomic E-state index is 10.2. The van der Waals surface area contributed by atoms with Crippen LogP contribution >= 0.6 is 0 Å². The number of ether oxygens (including phenoxy) is 1. The van der Waals surface area contributed by atoms with Gasteiger partial charge in [-0.1, -0.05) is 110 Å². The second kappa shape index (κ2) is 24.9. The molecule has 0 saturated heterocycles. The average Bonchev–Trinajstić information content (AvgIpc) is 3.01. The van der Waals surface area contributed by atoms with E-state index in [0.29, 0.717) is 12.1 Å². The van der Waals surface area contributed by atoms with Gasteiger partial charge in [0.15, 0.2) is 0 Å². The molecule has 0 unspecified atom stereocenters. The minimum absolute atomic E-state index is 0.140. The highest BCUT2D eigenvalue weighted by molar-refractivity contribution is 4.80. The first-order valence-corrected chi connectivity index (χ1v) is 16.6. The molecular weight excluding hydrogens is 472 g/mol. The molecule has 0 aromatic rings. The summed E-state index contributed by atoms with van der Waals surface area (Å²) in [7, 11) is 1.82. The van der Waals surface area contributed by atoms with Crippen LogP contribution in [0, 0.1) is 22.6 Å². The molecule has 0 radical (unpaired) electrons. The van der Waals surface area contributed by atoms with Gasteiger partial charge in [0.05, 0.1) is 6.10 Å². The largest absolute Gasteiger partial charge is 0.381 e. The highest BCUT2D eigenvalue weighted by Crippen LogP contribution is 2.22. The lowest BCUT2D eigenvalue weighted by molar-refractivity contribution is -0.526. The fourth-order valence-electron chi connectivity index (χ4n) is 6.17. The summed E-state index contributed by atoms with van der Waals surface area (Å²) in [5.74, 6) is 1.04. The first-order valence-electron chi connectivity index (χ1n) is 16.6. The Balaban J connectivity index is 0.000000239. The molecule has 0 bridgehead atoms. The van der Waals surface area contributed by atoms with Gasteiger partial charge in [-0.25, -0.2) is 6.57 Å². The van der Waals surface area contributed by atoms with E-state index in [4.69, 9.17) is 11.3 Å². The summed E-state index contributed by atoms with van der Waals surface area (Å²) in [6, 6.07) is 0.155. The van der Waals surface area contributed by atoms with E-state index in [1.807, 2.05) is 7.11 Å². The van der Waals surface area contributed by atoms with Crippen molar-refractivity contribution < 1.29 is 9.66 Å². The van der Waals surface area contributed by atoms with Crippen LogP contribution in [0.15, 0.2) is 0 Å². The third-order valence-electron chi connectivity index (χ3n) is 8.91. The number of hydrogen-bond acceptors (Lipinski definition) is 3. The van der Waals surface area contributed by atoms with Gasteiger partial charge < -0.3 is 9.58 Å². The predicted octanol–water partition coefficient (Wildman–Crippen LogP) is 10.7. The molecule has 5 rings (SSSR count). The van der Waals surface area contributed by atoms with Crippen molar-refractivity contribution in [2.75, 3.05) is 7.11 Å². The Morgan fingerprint density at radius 1 is 0.605 bits per heavy atom. The molecule has 5 saturated carbocycles. The molecule has 0 heterocycles. The third kappa shape index (κ3) is 19.9. The molecule has 0 aromatic carbocycles. The van der Waals surface area contributed by atoms with E-state index in [9.17, 15) is 10.1 Å². The molecule has 38 heavy (non-hydrogen) atoms. The summed E-state index contributed by atoms with van der Waals surface area (Å²) < 4.78 is 5.19. The standard InChI is InChI=1S/C7H11N.C7H14O.C7H14.C6H11NO2.C6H12/c2*1-8-7-5-3-2-4-6-7;1-7-5-3-2-4-6-7;8-7(9)6-4-2-1-3-5-6;1-2-4-6-5-3-1/h7H,2-6H2;7H,2-6H2,1H3;7H,2-6H2,1H3;6H,1-5H2;1-6H2. The Hall–Kier alpha value is -1.15. The molecule has 0 N–H and O–H groups in total. The summed E-state index contributed by atoms with van der Waals surface area (Å²) in [5.41, 5.74) is 0. The number of hydrogen-bond donors (Lipinski definition) is 0. The highest BCUT2D eigenvalue weighted by Gasteiger charge is 2.22. The topological polar surface area (TPSA) is 56.7 Å². The van der Waals surface area contributed by atoms with Crippen molar-refractivity contribution in [1.29, 1.82) is 0 Å². The Bertz CT molecular complexity index is 552. The van der Waals surface area contributed by atoms with Gasteiger partial charge in [0.25, 0.3) is 0 Å². The Morgan fingerprint density at radius 3 is 1.18 bits per heavy atom. The van der Waals surface area contributed by atoms with Gasteiger partial charge in [-0.05, 0) is 44.4 Å². The minimum Gasteiger partial charge on any atom is -0.381 e. The number of rotatable bonds is 2. The van der Waals surface area contributed by atoms with Crippen LogP contribution in [0.2, 0.25) is 0 Å². The van der Waals surface area contributed by atoms with Crippen molar-refractivity contribution in [2.24, 2.45) is 5.92 Å². The van der Waals surface area contributed by atoms with E-state index in [1.165, 1.54) is 128 Å². The van der Waals surface area contributed by atoms with Crippen molar-refractivity contribution in [1.82, 2.24) is 0 Å². The SMILES string of the molecule is C1CCCCC1.CC1CCCCC1.COC1CCCCC1.O=[N+]([O-])C1CCCCC1.[C-]#[N+]C1CCCCC1. The zero-order valence-electron chi connectivity index (χ0n) is 25.3. The highest BCUT2D eigenvalue weighted by atomic mass is 16.6. The number of nitrogens with zero attached hydrogens (tertiary/aromatic N) is 2. The van der Waals surface area contributed by atoms with Crippen LogP contribution in [-0.4, -0.2) is 30.2 Å². The van der Waals surface area contributed by atoms with Gasteiger partial charge in [-0.15, -0.1) is 0 Å². The van der Waals surface area contributed by atoms with Gasteiger partial charge in [-0.2, -0.15) is 0 Å². The Labute approximate surface area is 236 Å². The van der Waals surface area contributed by atoms with Gasteiger partial charge in [0, 0.05) is 37.7 Å². The molecule has 0 aliphatic heterocycles. The summed E-state index contributed by atoms with van der Waals surface area (Å²) in [6.07, 6.45) is 34.9. The van der Waals surface area contributed by atoms with Crippen LogP contribution in [-0.2, 0) is 4.74 Å². The van der Waals surface area contributed by atoms with E-state index in [-0.39, 0.29) is 11.0 Å². The molecule has 5 aliphatic rings. The predicted molar refractivity (Wildman–Crippen MR) is 161 cm³/mol. The second-order valence-electron chi connectivity index (χ2n) is 12.4. The van der Waals surface area contributed by atoms with Crippen LogP contribution in [0.25, 0.3) is 4.85 Å². The van der Waals surface area contributed by atoms with Gasteiger partial charge in [0.1, 0.15) is 0 Å². The average molecular weight is 535 g/mol. The smallest absolute Gasteiger partial charge is 0.223 e. The van der Waals surface area contributed by atoms with Crippen LogP contribution in [0.4, 0.5) is 0 Å². The minimum atomic E-state index is -0.223. The lowest BCUT2D eigenvalue weighted by Crippen LogP contribution is -2.21. The first-order chi connectivity index (χ1) is 18.6. The maximum atomic E-state index is 10.2. The van der Waals surface area contributed by atoms with Gasteiger partial charge >= 0.3 is 0 Å². The Morgan fingerprint density at radius 2 is 0.947 bits per heavy atom. The quantitative estimate of drug-likeness (QED) is 0.201.